The predicted molar refractivity (Wildman–Crippen MR) is 47.6 cm³/mol. The van der Waals surface area contributed by atoms with Crippen molar-refractivity contribution in [3.63, 3.8) is 0 Å². The third-order valence-electron chi connectivity index (χ3n) is 1.75. The lowest BCUT2D eigenvalue weighted by molar-refractivity contribution is -0.136. The smallest absolute Gasteiger partial charge is 0.309 e. The fourth-order valence-electron chi connectivity index (χ4n) is 1.16. The van der Waals surface area contributed by atoms with E-state index < -0.39 is 5.97 Å². The van der Waals surface area contributed by atoms with E-state index in [4.69, 9.17) is 9.63 Å². The van der Waals surface area contributed by atoms with Gasteiger partial charge < -0.3 is 14.6 Å². The summed E-state index contributed by atoms with van der Waals surface area (Å²) in [6.07, 6.45) is 1.64. The van der Waals surface area contributed by atoms with Gasteiger partial charge in [0.1, 0.15) is 0 Å². The molecule has 2 heterocycles. The maximum atomic E-state index is 10.4. The standard InChI is InChI=1S/C9H8N2O3/c12-9(13)5-6-4-8(14-11-6)7-2-1-3-10-7/h1-4,10H,5H2,(H,12,13). The lowest BCUT2D eigenvalue weighted by atomic mass is 10.2. The van der Waals surface area contributed by atoms with E-state index in [0.717, 1.165) is 5.69 Å². The molecule has 0 amide bonds. The molecule has 0 spiro atoms. The lowest BCUT2D eigenvalue weighted by Gasteiger charge is -1.85. The molecule has 0 saturated heterocycles. The summed E-state index contributed by atoms with van der Waals surface area (Å²) in [6, 6.07) is 5.26. The number of carboxylic acid groups (broad SMARTS) is 1. The highest BCUT2D eigenvalue weighted by atomic mass is 16.5. The van der Waals surface area contributed by atoms with Gasteiger partial charge in [-0.25, -0.2) is 0 Å². The van der Waals surface area contributed by atoms with Gasteiger partial charge in [-0.05, 0) is 12.1 Å². The Hall–Kier alpha value is -2.04. The summed E-state index contributed by atoms with van der Waals surface area (Å²) < 4.78 is 4.97. The highest BCUT2D eigenvalue weighted by Gasteiger charge is 2.09. The van der Waals surface area contributed by atoms with E-state index in [0.29, 0.717) is 11.5 Å². The van der Waals surface area contributed by atoms with Crippen molar-refractivity contribution in [2.24, 2.45) is 0 Å². The van der Waals surface area contributed by atoms with Crippen molar-refractivity contribution in [2.75, 3.05) is 0 Å². The van der Waals surface area contributed by atoms with Crippen LogP contribution in [-0.2, 0) is 11.2 Å². The van der Waals surface area contributed by atoms with E-state index in [2.05, 4.69) is 10.1 Å². The van der Waals surface area contributed by atoms with Gasteiger partial charge in [-0.2, -0.15) is 0 Å². The van der Waals surface area contributed by atoms with E-state index in [-0.39, 0.29) is 6.42 Å². The molecule has 0 bridgehead atoms. The van der Waals surface area contributed by atoms with Crippen LogP contribution in [0.2, 0.25) is 0 Å². The molecular weight excluding hydrogens is 184 g/mol. The van der Waals surface area contributed by atoms with Crippen LogP contribution in [0.25, 0.3) is 11.5 Å². The molecule has 5 nitrogen and oxygen atoms in total. The second kappa shape index (κ2) is 3.37. The zero-order valence-electron chi connectivity index (χ0n) is 7.23. The van der Waals surface area contributed by atoms with Crippen LogP contribution in [0.5, 0.6) is 0 Å². The minimum Gasteiger partial charge on any atom is -0.481 e. The number of hydrogen-bond donors (Lipinski definition) is 2. The van der Waals surface area contributed by atoms with Crippen LogP contribution >= 0.6 is 0 Å². The number of nitrogens with zero attached hydrogens (tertiary/aromatic N) is 1. The Kier molecular flexibility index (Phi) is 2.06. The quantitative estimate of drug-likeness (QED) is 0.768. The van der Waals surface area contributed by atoms with Crippen molar-refractivity contribution in [3.05, 3.63) is 30.1 Å². The topological polar surface area (TPSA) is 79.1 Å². The van der Waals surface area contributed by atoms with E-state index >= 15 is 0 Å². The molecule has 72 valence electrons. The second-order valence-corrected chi connectivity index (χ2v) is 2.84. The number of H-pyrrole nitrogens is 1. The van der Waals surface area contributed by atoms with Gasteiger partial charge in [-0.15, -0.1) is 0 Å². The average molecular weight is 192 g/mol. The average Bonchev–Trinajstić information content (AvgIpc) is 2.69. The van der Waals surface area contributed by atoms with Crippen molar-refractivity contribution in [1.29, 1.82) is 0 Å². The fourth-order valence-corrected chi connectivity index (χ4v) is 1.16. The van der Waals surface area contributed by atoms with Crippen molar-refractivity contribution in [1.82, 2.24) is 10.1 Å². The number of aromatic nitrogens is 2. The molecule has 0 saturated carbocycles. The van der Waals surface area contributed by atoms with Gasteiger partial charge in [0.05, 0.1) is 17.8 Å². The Morgan fingerprint density at radius 3 is 3.14 bits per heavy atom. The second-order valence-electron chi connectivity index (χ2n) is 2.84. The zero-order chi connectivity index (χ0) is 9.97. The van der Waals surface area contributed by atoms with Gasteiger partial charge in [0.25, 0.3) is 0 Å². The van der Waals surface area contributed by atoms with Gasteiger partial charge in [-0.1, -0.05) is 5.16 Å². The molecule has 14 heavy (non-hydrogen) atoms. The van der Waals surface area contributed by atoms with Crippen LogP contribution in [0.3, 0.4) is 0 Å². The van der Waals surface area contributed by atoms with Gasteiger partial charge in [0, 0.05) is 12.3 Å². The molecule has 0 unspecified atom stereocenters. The molecule has 0 fully saturated rings. The summed E-state index contributed by atoms with van der Waals surface area (Å²) in [5.41, 5.74) is 1.20. The number of hydrogen-bond acceptors (Lipinski definition) is 3. The highest BCUT2D eigenvalue weighted by molar-refractivity contribution is 5.70. The van der Waals surface area contributed by atoms with E-state index in [1.165, 1.54) is 0 Å². The predicted octanol–water partition coefficient (Wildman–Crippen LogP) is 1.30. The first-order valence-electron chi connectivity index (χ1n) is 4.07. The summed E-state index contributed by atoms with van der Waals surface area (Å²) in [5.74, 6) is -0.373. The summed E-state index contributed by atoms with van der Waals surface area (Å²) in [4.78, 5) is 13.3. The minimum atomic E-state index is -0.920. The zero-order valence-corrected chi connectivity index (χ0v) is 7.23. The van der Waals surface area contributed by atoms with Crippen LogP contribution in [0.15, 0.2) is 28.9 Å². The summed E-state index contributed by atoms with van der Waals surface area (Å²) in [6.45, 7) is 0. The maximum Gasteiger partial charge on any atom is 0.309 e. The Balaban J connectivity index is 2.22. The molecule has 5 heteroatoms. The molecule has 0 aliphatic heterocycles. The highest BCUT2D eigenvalue weighted by Crippen LogP contribution is 2.17. The van der Waals surface area contributed by atoms with E-state index in [9.17, 15) is 4.79 Å². The molecule has 0 aromatic carbocycles. The first kappa shape index (κ1) is 8.55. The minimum absolute atomic E-state index is 0.121. The third kappa shape index (κ3) is 1.66. The van der Waals surface area contributed by atoms with Crippen molar-refractivity contribution in [2.45, 2.75) is 6.42 Å². The Morgan fingerprint density at radius 1 is 1.64 bits per heavy atom. The van der Waals surface area contributed by atoms with Crippen LogP contribution in [-0.4, -0.2) is 21.2 Å². The number of rotatable bonds is 3. The Bertz CT molecular complexity index is 431. The number of carbonyl (C=O) groups is 1. The van der Waals surface area contributed by atoms with Crippen LogP contribution in [0.1, 0.15) is 5.69 Å². The molecule has 0 atom stereocenters. The van der Waals surface area contributed by atoms with Crippen LogP contribution in [0.4, 0.5) is 0 Å². The molecule has 0 aliphatic carbocycles. The largest absolute Gasteiger partial charge is 0.481 e. The molecule has 2 N–H and O–H groups in total. The lowest BCUT2D eigenvalue weighted by Crippen LogP contribution is -1.99. The molecule has 2 aromatic heterocycles. The van der Waals surface area contributed by atoms with Crippen molar-refractivity contribution in [3.8, 4) is 11.5 Å². The molecule has 0 radical (unpaired) electrons. The first-order chi connectivity index (χ1) is 6.75. The summed E-state index contributed by atoms with van der Waals surface area (Å²) >= 11 is 0. The number of nitrogens with one attached hydrogen (secondary N) is 1. The Labute approximate surface area is 79.3 Å². The monoisotopic (exact) mass is 192 g/mol. The van der Waals surface area contributed by atoms with Gasteiger partial charge in [0.2, 0.25) is 0 Å². The number of aromatic amines is 1. The van der Waals surface area contributed by atoms with Crippen LogP contribution in [0, 0.1) is 0 Å². The summed E-state index contributed by atoms with van der Waals surface area (Å²) in [7, 11) is 0. The molecule has 2 aromatic rings. The molecule has 2 rings (SSSR count). The first-order valence-corrected chi connectivity index (χ1v) is 4.07. The maximum absolute atomic E-state index is 10.4. The van der Waals surface area contributed by atoms with Crippen molar-refractivity contribution >= 4 is 5.97 Å². The van der Waals surface area contributed by atoms with Crippen molar-refractivity contribution < 1.29 is 14.4 Å². The van der Waals surface area contributed by atoms with Gasteiger partial charge in [0.15, 0.2) is 5.76 Å². The fraction of sp³-hybridized carbons (Fsp3) is 0.111. The summed E-state index contributed by atoms with van der Waals surface area (Å²) in [5, 5.41) is 12.2. The molecular formula is C9H8N2O3. The van der Waals surface area contributed by atoms with Gasteiger partial charge >= 0.3 is 5.97 Å². The third-order valence-corrected chi connectivity index (χ3v) is 1.75. The number of carboxylic acids is 1. The SMILES string of the molecule is O=C(O)Cc1cc(-c2ccc[nH]2)on1. The number of aliphatic carboxylic acids is 1. The Morgan fingerprint density at radius 2 is 2.50 bits per heavy atom. The normalized spacial score (nSPS) is 10.3. The van der Waals surface area contributed by atoms with E-state index in [1.54, 1.807) is 12.3 Å². The van der Waals surface area contributed by atoms with E-state index in [1.807, 2.05) is 12.1 Å². The van der Waals surface area contributed by atoms with Crippen LogP contribution < -0.4 is 0 Å². The molecule has 0 aliphatic rings. The van der Waals surface area contributed by atoms with Gasteiger partial charge in [-0.3, -0.25) is 4.79 Å².